The van der Waals surface area contributed by atoms with Gasteiger partial charge in [-0.1, -0.05) is 5.16 Å². The van der Waals surface area contributed by atoms with Crippen LogP contribution in [0.4, 0.5) is 5.82 Å². The normalized spacial score (nSPS) is 10.7. The minimum Gasteiger partial charge on any atom is -0.452 e. The van der Waals surface area contributed by atoms with Crippen LogP contribution in [0.3, 0.4) is 0 Å². The Hall–Kier alpha value is -2.87. The molecule has 3 aromatic heterocycles. The van der Waals surface area contributed by atoms with Crippen molar-refractivity contribution in [3.8, 4) is 5.00 Å². The molecular formula is C17H17N3O4S. The third kappa shape index (κ3) is 3.63. The van der Waals surface area contributed by atoms with E-state index in [1.165, 1.54) is 11.3 Å². The second-order valence-corrected chi connectivity index (χ2v) is 6.70. The molecule has 0 aliphatic heterocycles. The van der Waals surface area contributed by atoms with Crippen LogP contribution in [-0.2, 0) is 9.53 Å². The van der Waals surface area contributed by atoms with E-state index in [0.717, 1.165) is 15.4 Å². The SMILES string of the molecule is Cc1cc(NC(=O)COC(=O)c2c(-n3cccc3)sc(C)c2C)no1. The zero-order valence-electron chi connectivity index (χ0n) is 14.0. The molecule has 25 heavy (non-hydrogen) atoms. The molecule has 3 heterocycles. The molecular weight excluding hydrogens is 342 g/mol. The Bertz CT molecular complexity index is 909. The number of amides is 1. The third-order valence-corrected chi connectivity index (χ3v) is 4.86. The van der Waals surface area contributed by atoms with Crippen LogP contribution in [0.15, 0.2) is 35.1 Å². The predicted octanol–water partition coefficient (Wildman–Crippen LogP) is 3.25. The average Bonchev–Trinajstić information content (AvgIpc) is 3.28. The third-order valence-electron chi connectivity index (χ3n) is 3.64. The van der Waals surface area contributed by atoms with Crippen LogP contribution in [0.1, 0.15) is 26.6 Å². The molecule has 130 valence electrons. The van der Waals surface area contributed by atoms with Gasteiger partial charge < -0.3 is 19.1 Å². The zero-order valence-corrected chi connectivity index (χ0v) is 14.8. The van der Waals surface area contributed by atoms with Crippen LogP contribution in [0, 0.1) is 20.8 Å². The topological polar surface area (TPSA) is 86.4 Å². The van der Waals surface area contributed by atoms with E-state index >= 15 is 0 Å². The number of anilines is 1. The summed E-state index contributed by atoms with van der Waals surface area (Å²) in [5.41, 5.74) is 1.33. The Labute approximate surface area is 148 Å². The highest BCUT2D eigenvalue weighted by Gasteiger charge is 2.22. The van der Waals surface area contributed by atoms with E-state index in [2.05, 4.69) is 10.5 Å². The Kier molecular flexibility index (Phi) is 4.71. The fraction of sp³-hybridized carbons (Fsp3) is 0.235. The molecule has 0 saturated heterocycles. The van der Waals surface area contributed by atoms with Crippen molar-refractivity contribution >= 4 is 29.0 Å². The summed E-state index contributed by atoms with van der Waals surface area (Å²) in [7, 11) is 0. The van der Waals surface area contributed by atoms with Gasteiger partial charge in [-0.15, -0.1) is 11.3 Å². The highest BCUT2D eigenvalue weighted by atomic mass is 32.1. The van der Waals surface area contributed by atoms with Crippen LogP contribution < -0.4 is 5.32 Å². The van der Waals surface area contributed by atoms with Crippen molar-refractivity contribution < 1.29 is 18.8 Å². The molecule has 0 saturated carbocycles. The number of esters is 1. The van der Waals surface area contributed by atoms with E-state index in [1.807, 2.05) is 42.9 Å². The lowest BCUT2D eigenvalue weighted by Gasteiger charge is -2.07. The number of aryl methyl sites for hydroxylation is 2. The van der Waals surface area contributed by atoms with E-state index < -0.39 is 18.5 Å². The van der Waals surface area contributed by atoms with Gasteiger partial charge in [-0.25, -0.2) is 4.79 Å². The molecule has 1 amide bonds. The number of thiophene rings is 1. The maximum atomic E-state index is 12.5. The Morgan fingerprint density at radius 2 is 2.00 bits per heavy atom. The van der Waals surface area contributed by atoms with Crippen molar-refractivity contribution in [1.29, 1.82) is 0 Å². The summed E-state index contributed by atoms with van der Waals surface area (Å²) in [6.07, 6.45) is 3.72. The van der Waals surface area contributed by atoms with Crippen molar-refractivity contribution in [3.05, 3.63) is 52.4 Å². The summed E-state index contributed by atoms with van der Waals surface area (Å²) in [6, 6.07) is 5.34. The molecule has 8 heteroatoms. The van der Waals surface area contributed by atoms with Gasteiger partial charge in [-0.2, -0.15) is 0 Å². The molecule has 7 nitrogen and oxygen atoms in total. The van der Waals surface area contributed by atoms with Crippen LogP contribution in [0.5, 0.6) is 0 Å². The number of carbonyl (C=O) groups excluding carboxylic acids is 2. The van der Waals surface area contributed by atoms with Crippen LogP contribution in [-0.4, -0.2) is 28.2 Å². The summed E-state index contributed by atoms with van der Waals surface area (Å²) >= 11 is 1.51. The Balaban J connectivity index is 1.70. The van der Waals surface area contributed by atoms with Gasteiger partial charge in [0.05, 0.1) is 5.56 Å². The lowest BCUT2D eigenvalue weighted by molar-refractivity contribution is -0.119. The molecule has 0 aromatic carbocycles. The van der Waals surface area contributed by atoms with Crippen molar-refractivity contribution in [2.24, 2.45) is 0 Å². The van der Waals surface area contributed by atoms with Gasteiger partial charge in [-0.05, 0) is 38.5 Å². The summed E-state index contributed by atoms with van der Waals surface area (Å²) in [5, 5.41) is 6.94. The van der Waals surface area contributed by atoms with Gasteiger partial charge in [0.15, 0.2) is 12.4 Å². The second kappa shape index (κ2) is 6.94. The van der Waals surface area contributed by atoms with Gasteiger partial charge in [0, 0.05) is 23.3 Å². The highest BCUT2D eigenvalue weighted by molar-refractivity contribution is 7.15. The van der Waals surface area contributed by atoms with Crippen molar-refractivity contribution in [2.75, 3.05) is 11.9 Å². The molecule has 0 spiro atoms. The van der Waals surface area contributed by atoms with E-state index in [4.69, 9.17) is 9.26 Å². The standard InChI is InChI=1S/C17H17N3O4S/c1-10-8-13(19-24-10)18-14(21)9-23-17(22)15-11(2)12(3)25-16(15)20-6-4-5-7-20/h4-8H,9H2,1-3H3,(H,18,19,21). The molecule has 0 unspecified atom stereocenters. The quantitative estimate of drug-likeness (QED) is 0.707. The summed E-state index contributed by atoms with van der Waals surface area (Å²) in [6.45, 7) is 5.13. The largest absolute Gasteiger partial charge is 0.452 e. The van der Waals surface area contributed by atoms with Crippen molar-refractivity contribution in [3.63, 3.8) is 0 Å². The fourth-order valence-corrected chi connectivity index (χ4v) is 3.42. The van der Waals surface area contributed by atoms with Gasteiger partial charge in [0.2, 0.25) is 0 Å². The molecule has 0 aliphatic carbocycles. The molecule has 0 radical (unpaired) electrons. The van der Waals surface area contributed by atoms with Crippen molar-refractivity contribution in [2.45, 2.75) is 20.8 Å². The molecule has 0 fully saturated rings. The molecule has 0 aliphatic rings. The number of aromatic nitrogens is 2. The Morgan fingerprint density at radius 1 is 1.28 bits per heavy atom. The predicted molar refractivity (Wildman–Crippen MR) is 93.3 cm³/mol. The van der Waals surface area contributed by atoms with E-state index in [9.17, 15) is 9.59 Å². The van der Waals surface area contributed by atoms with Crippen molar-refractivity contribution in [1.82, 2.24) is 9.72 Å². The number of ether oxygens (including phenoxy) is 1. The van der Waals surface area contributed by atoms with Crippen LogP contribution >= 0.6 is 11.3 Å². The average molecular weight is 359 g/mol. The molecule has 3 rings (SSSR count). The number of carbonyl (C=O) groups is 2. The van der Waals surface area contributed by atoms with Gasteiger partial charge in [0.25, 0.3) is 5.91 Å². The smallest absolute Gasteiger partial charge is 0.341 e. The molecule has 3 aromatic rings. The lowest BCUT2D eigenvalue weighted by Crippen LogP contribution is -2.21. The minimum absolute atomic E-state index is 0.286. The van der Waals surface area contributed by atoms with Gasteiger partial charge >= 0.3 is 5.97 Å². The fourth-order valence-electron chi connectivity index (χ4n) is 2.31. The summed E-state index contributed by atoms with van der Waals surface area (Å²) < 4.78 is 11.9. The van der Waals surface area contributed by atoms with E-state index in [-0.39, 0.29) is 5.82 Å². The summed E-state index contributed by atoms with van der Waals surface area (Å²) in [4.78, 5) is 25.4. The van der Waals surface area contributed by atoms with Crippen LogP contribution in [0.25, 0.3) is 5.00 Å². The maximum absolute atomic E-state index is 12.5. The van der Waals surface area contributed by atoms with Gasteiger partial charge in [-0.3, -0.25) is 4.79 Å². The maximum Gasteiger partial charge on any atom is 0.341 e. The first-order valence-corrected chi connectivity index (χ1v) is 8.41. The van der Waals surface area contributed by atoms with Gasteiger partial charge in [0.1, 0.15) is 10.8 Å². The molecule has 0 bridgehead atoms. The highest BCUT2D eigenvalue weighted by Crippen LogP contribution is 2.31. The van der Waals surface area contributed by atoms with Crippen LogP contribution in [0.2, 0.25) is 0 Å². The van der Waals surface area contributed by atoms with E-state index in [0.29, 0.717) is 11.3 Å². The first kappa shape index (κ1) is 17.0. The number of hydrogen-bond acceptors (Lipinski definition) is 6. The second-order valence-electron chi connectivity index (χ2n) is 5.50. The number of hydrogen-bond donors (Lipinski definition) is 1. The molecule has 1 N–H and O–H groups in total. The first-order valence-electron chi connectivity index (χ1n) is 7.59. The monoisotopic (exact) mass is 359 g/mol. The summed E-state index contributed by atoms with van der Waals surface area (Å²) in [5.74, 6) is -0.145. The Morgan fingerprint density at radius 3 is 2.64 bits per heavy atom. The molecule has 0 atom stereocenters. The number of rotatable bonds is 5. The number of nitrogens with one attached hydrogen (secondary N) is 1. The number of nitrogens with zero attached hydrogens (tertiary/aromatic N) is 2. The zero-order chi connectivity index (χ0) is 18.0. The lowest BCUT2D eigenvalue weighted by atomic mass is 10.1. The first-order chi connectivity index (χ1) is 12.0. The van der Waals surface area contributed by atoms with E-state index in [1.54, 1.807) is 13.0 Å². The minimum atomic E-state index is -0.531.